The molecule has 138 valence electrons. The number of nitrogens with zero attached hydrogens (tertiary/aromatic N) is 3. The van der Waals surface area contributed by atoms with Crippen molar-refractivity contribution in [1.29, 1.82) is 0 Å². The molecule has 3 rings (SSSR count). The molecule has 3 aliphatic rings. The Labute approximate surface area is 147 Å². The number of carbonyl (C=O) groups excluding carboxylic acids is 1. The van der Waals surface area contributed by atoms with Gasteiger partial charge in [0, 0.05) is 63.3 Å². The molecular formula is C19H36N4O. The lowest BCUT2D eigenvalue weighted by Gasteiger charge is -2.39. The van der Waals surface area contributed by atoms with E-state index < -0.39 is 0 Å². The van der Waals surface area contributed by atoms with Crippen molar-refractivity contribution in [2.75, 3.05) is 45.8 Å². The maximum Gasteiger partial charge on any atom is 0.225 e. The minimum absolute atomic E-state index is 0.249. The molecule has 3 saturated heterocycles. The van der Waals surface area contributed by atoms with Crippen LogP contribution in [0.1, 0.15) is 46.5 Å². The molecule has 2 unspecified atom stereocenters. The first kappa shape index (κ1) is 18.2. The molecule has 0 aromatic carbocycles. The first-order valence-electron chi connectivity index (χ1n) is 10.0. The van der Waals surface area contributed by atoms with Crippen molar-refractivity contribution in [3.05, 3.63) is 0 Å². The molecule has 0 aliphatic carbocycles. The standard InChI is InChI=1S/C19H36N4O/c1-15-14-18(6-7-20-15)19(24)22-11-8-21(9-12-22)10-13-23-16(2)4-5-17(23)3/h15-18,20H,4-14H2,1-3H3/t15-,16?,17?,18-/m0/s1. The molecule has 3 fully saturated rings. The van der Waals surface area contributed by atoms with E-state index in [-0.39, 0.29) is 5.92 Å². The van der Waals surface area contributed by atoms with Crippen LogP contribution < -0.4 is 5.32 Å². The van der Waals surface area contributed by atoms with Crippen molar-refractivity contribution < 1.29 is 4.79 Å². The molecule has 5 heteroatoms. The number of hydrogen-bond acceptors (Lipinski definition) is 4. The molecule has 3 heterocycles. The van der Waals surface area contributed by atoms with Gasteiger partial charge in [-0.25, -0.2) is 0 Å². The Morgan fingerprint density at radius 2 is 1.62 bits per heavy atom. The van der Waals surface area contributed by atoms with Gasteiger partial charge in [0.2, 0.25) is 5.91 Å². The monoisotopic (exact) mass is 336 g/mol. The predicted octanol–water partition coefficient (Wildman–Crippen LogP) is 1.39. The zero-order valence-corrected chi connectivity index (χ0v) is 15.8. The topological polar surface area (TPSA) is 38.8 Å². The van der Waals surface area contributed by atoms with E-state index in [1.807, 2.05) is 0 Å². The third-order valence-electron chi connectivity index (χ3n) is 6.47. The summed E-state index contributed by atoms with van der Waals surface area (Å²) in [5, 5.41) is 3.44. The Morgan fingerprint density at radius 1 is 0.958 bits per heavy atom. The van der Waals surface area contributed by atoms with Gasteiger partial charge in [-0.15, -0.1) is 0 Å². The van der Waals surface area contributed by atoms with Crippen molar-refractivity contribution in [1.82, 2.24) is 20.0 Å². The fraction of sp³-hybridized carbons (Fsp3) is 0.947. The van der Waals surface area contributed by atoms with Gasteiger partial charge < -0.3 is 10.2 Å². The number of hydrogen-bond donors (Lipinski definition) is 1. The third-order valence-corrected chi connectivity index (χ3v) is 6.47. The van der Waals surface area contributed by atoms with Gasteiger partial charge in [-0.05, 0) is 53.0 Å². The number of piperazine rings is 1. The molecule has 0 radical (unpaired) electrons. The van der Waals surface area contributed by atoms with Crippen molar-refractivity contribution in [2.24, 2.45) is 5.92 Å². The van der Waals surface area contributed by atoms with E-state index >= 15 is 0 Å². The van der Waals surface area contributed by atoms with Gasteiger partial charge in [0.15, 0.2) is 0 Å². The minimum Gasteiger partial charge on any atom is -0.340 e. The molecule has 0 spiro atoms. The van der Waals surface area contributed by atoms with Gasteiger partial charge in [-0.1, -0.05) is 0 Å². The third kappa shape index (κ3) is 4.30. The smallest absolute Gasteiger partial charge is 0.225 e. The van der Waals surface area contributed by atoms with Crippen LogP contribution >= 0.6 is 0 Å². The lowest BCUT2D eigenvalue weighted by Crippen LogP contribution is -2.53. The highest BCUT2D eigenvalue weighted by atomic mass is 16.2. The average Bonchev–Trinajstić information content (AvgIpc) is 2.91. The van der Waals surface area contributed by atoms with Gasteiger partial charge in [-0.2, -0.15) is 0 Å². The summed E-state index contributed by atoms with van der Waals surface area (Å²) in [7, 11) is 0. The lowest BCUT2D eigenvalue weighted by atomic mass is 9.92. The average molecular weight is 337 g/mol. The molecule has 5 nitrogen and oxygen atoms in total. The largest absolute Gasteiger partial charge is 0.340 e. The molecule has 4 atom stereocenters. The van der Waals surface area contributed by atoms with E-state index in [4.69, 9.17) is 0 Å². The molecule has 1 amide bonds. The Morgan fingerprint density at radius 3 is 2.25 bits per heavy atom. The Bertz CT molecular complexity index is 412. The first-order valence-corrected chi connectivity index (χ1v) is 10.0. The van der Waals surface area contributed by atoms with Gasteiger partial charge in [0.25, 0.3) is 0 Å². The highest BCUT2D eigenvalue weighted by Gasteiger charge is 2.31. The Kier molecular flexibility index (Phi) is 6.17. The molecule has 1 N–H and O–H groups in total. The van der Waals surface area contributed by atoms with Crippen LogP contribution in [0.25, 0.3) is 0 Å². The second kappa shape index (κ2) is 8.15. The van der Waals surface area contributed by atoms with Crippen molar-refractivity contribution in [3.8, 4) is 0 Å². The van der Waals surface area contributed by atoms with Crippen LogP contribution in [0.5, 0.6) is 0 Å². The van der Waals surface area contributed by atoms with Crippen molar-refractivity contribution in [3.63, 3.8) is 0 Å². The van der Waals surface area contributed by atoms with Gasteiger partial charge in [0.05, 0.1) is 0 Å². The van der Waals surface area contributed by atoms with Crippen LogP contribution in [0, 0.1) is 5.92 Å². The van der Waals surface area contributed by atoms with Crippen molar-refractivity contribution >= 4 is 5.91 Å². The molecule has 0 aromatic heterocycles. The zero-order chi connectivity index (χ0) is 17.1. The molecular weight excluding hydrogens is 300 g/mol. The van der Waals surface area contributed by atoms with Crippen LogP contribution in [0.3, 0.4) is 0 Å². The summed E-state index contributed by atoms with van der Waals surface area (Å²) in [6.07, 6.45) is 4.70. The van der Waals surface area contributed by atoms with E-state index in [0.29, 0.717) is 11.9 Å². The summed E-state index contributed by atoms with van der Waals surface area (Å²) in [5.74, 6) is 0.656. The highest BCUT2D eigenvalue weighted by Crippen LogP contribution is 2.23. The van der Waals surface area contributed by atoms with E-state index in [1.165, 1.54) is 19.4 Å². The van der Waals surface area contributed by atoms with Crippen LogP contribution in [0.15, 0.2) is 0 Å². The summed E-state index contributed by atoms with van der Waals surface area (Å²) in [5.41, 5.74) is 0. The fourth-order valence-corrected chi connectivity index (χ4v) is 4.75. The lowest BCUT2D eigenvalue weighted by molar-refractivity contribution is -0.138. The predicted molar refractivity (Wildman–Crippen MR) is 98.1 cm³/mol. The van der Waals surface area contributed by atoms with Gasteiger partial charge >= 0.3 is 0 Å². The number of carbonyl (C=O) groups is 1. The summed E-state index contributed by atoms with van der Waals surface area (Å²) < 4.78 is 0. The fourth-order valence-electron chi connectivity index (χ4n) is 4.75. The van der Waals surface area contributed by atoms with E-state index in [2.05, 4.69) is 40.8 Å². The minimum atomic E-state index is 0.249. The normalized spacial score (nSPS) is 36.2. The van der Waals surface area contributed by atoms with Crippen LogP contribution in [0.2, 0.25) is 0 Å². The van der Waals surface area contributed by atoms with E-state index in [9.17, 15) is 4.79 Å². The van der Waals surface area contributed by atoms with E-state index in [0.717, 1.165) is 64.2 Å². The van der Waals surface area contributed by atoms with Crippen LogP contribution in [0.4, 0.5) is 0 Å². The van der Waals surface area contributed by atoms with E-state index in [1.54, 1.807) is 0 Å². The number of piperidine rings is 1. The summed E-state index contributed by atoms with van der Waals surface area (Å²) >= 11 is 0. The Hall–Kier alpha value is -0.650. The number of rotatable bonds is 4. The van der Waals surface area contributed by atoms with Crippen LogP contribution in [-0.4, -0.2) is 84.5 Å². The number of likely N-dealkylation sites (tertiary alicyclic amines) is 1. The molecule has 24 heavy (non-hydrogen) atoms. The van der Waals surface area contributed by atoms with Gasteiger partial charge in [0.1, 0.15) is 0 Å². The second-order valence-electron chi connectivity index (χ2n) is 8.26. The quantitative estimate of drug-likeness (QED) is 0.842. The SMILES string of the molecule is CC1CCC(C)N1CCN1CCN(C(=O)[C@H]2CCN[C@@H](C)C2)CC1. The maximum atomic E-state index is 12.7. The summed E-state index contributed by atoms with van der Waals surface area (Å²) in [6, 6.07) is 1.97. The Balaban J connectivity index is 1.40. The molecule has 0 bridgehead atoms. The molecule has 3 aliphatic heterocycles. The highest BCUT2D eigenvalue weighted by molar-refractivity contribution is 5.79. The molecule has 0 aromatic rings. The first-order chi connectivity index (χ1) is 11.5. The maximum absolute atomic E-state index is 12.7. The summed E-state index contributed by atoms with van der Waals surface area (Å²) in [6.45, 7) is 14.2. The summed E-state index contributed by atoms with van der Waals surface area (Å²) in [4.78, 5) is 20.1. The molecule has 0 saturated carbocycles. The second-order valence-corrected chi connectivity index (χ2v) is 8.26. The zero-order valence-electron chi connectivity index (χ0n) is 15.8. The number of nitrogens with one attached hydrogen (secondary N) is 1. The van der Waals surface area contributed by atoms with Crippen molar-refractivity contribution in [2.45, 2.75) is 64.6 Å². The number of amides is 1. The van der Waals surface area contributed by atoms with Crippen LogP contribution in [-0.2, 0) is 4.79 Å². The van der Waals surface area contributed by atoms with Gasteiger partial charge in [-0.3, -0.25) is 14.6 Å².